The number of urea groups is 1. The van der Waals surface area contributed by atoms with Crippen LogP contribution in [0.2, 0.25) is 0 Å². The van der Waals surface area contributed by atoms with Gasteiger partial charge in [0.15, 0.2) is 9.84 Å². The lowest BCUT2D eigenvalue weighted by Gasteiger charge is -2.27. The highest BCUT2D eigenvalue weighted by atomic mass is 32.2. The van der Waals surface area contributed by atoms with E-state index in [0.717, 1.165) is 6.26 Å². The van der Waals surface area contributed by atoms with E-state index in [2.05, 4.69) is 16.6 Å². The van der Waals surface area contributed by atoms with Gasteiger partial charge in [-0.05, 0) is 17.0 Å². The molecule has 1 atom stereocenters. The van der Waals surface area contributed by atoms with E-state index < -0.39 is 21.9 Å². The minimum atomic E-state index is -3.19. The van der Waals surface area contributed by atoms with E-state index in [1.807, 2.05) is 20.8 Å². The summed E-state index contributed by atoms with van der Waals surface area (Å²) < 4.78 is 22.9. The highest BCUT2D eigenvalue weighted by Gasteiger charge is 2.24. The summed E-state index contributed by atoms with van der Waals surface area (Å²) in [6, 6.07) is 5.88. The molecule has 0 aliphatic carbocycles. The number of para-hydroxylation sites is 1. The number of carbonyl (C=O) groups is 1. The summed E-state index contributed by atoms with van der Waals surface area (Å²) in [5, 5.41) is 5.37. The fourth-order valence-electron chi connectivity index (χ4n) is 1.85. The molecule has 5 nitrogen and oxygen atoms in total. The van der Waals surface area contributed by atoms with Crippen LogP contribution in [-0.4, -0.2) is 26.7 Å². The van der Waals surface area contributed by atoms with Crippen molar-refractivity contribution in [3.8, 4) is 12.3 Å². The molecule has 0 radical (unpaired) electrons. The molecule has 0 fully saturated rings. The Morgan fingerprint density at radius 1 is 1.32 bits per heavy atom. The lowest BCUT2D eigenvalue weighted by Crippen LogP contribution is -2.44. The van der Waals surface area contributed by atoms with Gasteiger partial charge < -0.3 is 10.6 Å². The zero-order chi connectivity index (χ0) is 17.0. The molecule has 0 aromatic heterocycles. The van der Waals surface area contributed by atoms with Crippen LogP contribution >= 0.6 is 0 Å². The maximum Gasteiger partial charge on any atom is 0.320 e. The van der Waals surface area contributed by atoms with Crippen LogP contribution in [0.5, 0.6) is 0 Å². The van der Waals surface area contributed by atoms with Crippen LogP contribution in [0.15, 0.2) is 24.3 Å². The molecule has 0 heterocycles. The second-order valence-corrected chi connectivity index (χ2v) is 8.43. The number of carbonyl (C=O) groups excluding carboxylic acids is 1. The van der Waals surface area contributed by atoms with Gasteiger partial charge in [-0.1, -0.05) is 44.9 Å². The van der Waals surface area contributed by atoms with Crippen LogP contribution in [0.25, 0.3) is 0 Å². The Bertz CT molecular complexity index is 682. The largest absolute Gasteiger partial charge is 0.324 e. The van der Waals surface area contributed by atoms with Crippen LogP contribution in [0, 0.1) is 17.8 Å². The Labute approximate surface area is 132 Å². The Morgan fingerprint density at radius 3 is 2.41 bits per heavy atom. The zero-order valence-corrected chi connectivity index (χ0v) is 14.1. The van der Waals surface area contributed by atoms with E-state index in [9.17, 15) is 13.2 Å². The second kappa shape index (κ2) is 6.84. The monoisotopic (exact) mass is 322 g/mol. The van der Waals surface area contributed by atoms with Gasteiger partial charge in [0.25, 0.3) is 0 Å². The van der Waals surface area contributed by atoms with Gasteiger partial charge in [0.1, 0.15) is 0 Å². The fraction of sp³-hybridized carbons (Fsp3) is 0.438. The molecule has 0 aliphatic rings. The van der Waals surface area contributed by atoms with E-state index in [0.29, 0.717) is 11.3 Å². The van der Waals surface area contributed by atoms with Gasteiger partial charge in [-0.25, -0.2) is 13.2 Å². The number of amides is 2. The first-order chi connectivity index (χ1) is 10.0. The first-order valence-corrected chi connectivity index (χ1v) is 8.88. The molecule has 0 aliphatic heterocycles. The van der Waals surface area contributed by atoms with E-state index in [1.165, 1.54) is 0 Å². The molecule has 120 valence electrons. The van der Waals surface area contributed by atoms with Crippen molar-refractivity contribution in [3.05, 3.63) is 29.8 Å². The minimum absolute atomic E-state index is 0.138. The van der Waals surface area contributed by atoms with Crippen LogP contribution in [0.4, 0.5) is 10.5 Å². The number of benzene rings is 1. The number of hydrogen-bond donors (Lipinski definition) is 2. The van der Waals surface area contributed by atoms with Crippen LogP contribution in [0.3, 0.4) is 0 Å². The molecule has 2 amide bonds. The van der Waals surface area contributed by atoms with Gasteiger partial charge in [-0.3, -0.25) is 0 Å². The van der Waals surface area contributed by atoms with Crippen molar-refractivity contribution < 1.29 is 13.2 Å². The topological polar surface area (TPSA) is 75.3 Å². The Balaban J connectivity index is 2.88. The summed E-state index contributed by atoms with van der Waals surface area (Å²) in [7, 11) is -3.19. The summed E-state index contributed by atoms with van der Waals surface area (Å²) in [6.07, 6.45) is 6.59. The van der Waals surface area contributed by atoms with Crippen molar-refractivity contribution in [2.24, 2.45) is 5.41 Å². The normalized spacial score (nSPS) is 13.0. The van der Waals surface area contributed by atoms with E-state index >= 15 is 0 Å². The van der Waals surface area contributed by atoms with Crippen molar-refractivity contribution in [3.63, 3.8) is 0 Å². The number of sulfone groups is 1. The van der Waals surface area contributed by atoms with Gasteiger partial charge >= 0.3 is 6.03 Å². The molecule has 1 aromatic rings. The minimum Gasteiger partial charge on any atom is -0.324 e. The number of anilines is 1. The quantitative estimate of drug-likeness (QED) is 0.836. The maximum absolute atomic E-state index is 12.1. The van der Waals surface area contributed by atoms with Crippen LogP contribution < -0.4 is 10.6 Å². The molecule has 22 heavy (non-hydrogen) atoms. The summed E-state index contributed by atoms with van der Waals surface area (Å²) in [4.78, 5) is 12.1. The van der Waals surface area contributed by atoms with Gasteiger partial charge in [0.2, 0.25) is 0 Å². The third-order valence-electron chi connectivity index (χ3n) is 2.99. The second-order valence-electron chi connectivity index (χ2n) is 6.29. The van der Waals surface area contributed by atoms with E-state index in [1.54, 1.807) is 24.3 Å². The highest BCUT2D eigenvalue weighted by molar-refractivity contribution is 7.89. The summed E-state index contributed by atoms with van der Waals surface area (Å²) >= 11 is 0. The smallest absolute Gasteiger partial charge is 0.320 e. The zero-order valence-electron chi connectivity index (χ0n) is 13.3. The highest BCUT2D eigenvalue weighted by Crippen LogP contribution is 2.20. The molecule has 1 aromatic carbocycles. The first-order valence-electron chi connectivity index (χ1n) is 6.82. The molecule has 0 saturated carbocycles. The summed E-state index contributed by atoms with van der Waals surface area (Å²) in [5.41, 5.74) is 0.710. The molecule has 1 unspecified atom stereocenters. The average molecular weight is 322 g/mol. The number of rotatable bonds is 4. The Kier molecular flexibility index (Phi) is 5.61. The molecular formula is C16H22N2O3S. The molecule has 0 spiro atoms. The molecular weight excluding hydrogens is 300 g/mol. The SMILES string of the molecule is C#CC(NC(=O)Nc1ccccc1CS(C)(=O)=O)C(C)(C)C. The predicted molar refractivity (Wildman–Crippen MR) is 89.2 cm³/mol. The molecule has 0 bridgehead atoms. The van der Waals surface area contributed by atoms with Crippen LogP contribution in [0.1, 0.15) is 26.3 Å². The van der Waals surface area contributed by atoms with Crippen molar-refractivity contribution in [1.29, 1.82) is 0 Å². The number of nitrogens with one attached hydrogen (secondary N) is 2. The Hall–Kier alpha value is -2.00. The van der Waals surface area contributed by atoms with Gasteiger partial charge in [-0.2, -0.15) is 0 Å². The van der Waals surface area contributed by atoms with Gasteiger partial charge in [0, 0.05) is 11.9 Å². The van der Waals surface area contributed by atoms with Crippen molar-refractivity contribution in [2.45, 2.75) is 32.6 Å². The lowest BCUT2D eigenvalue weighted by molar-refractivity contribution is 0.240. The molecule has 2 N–H and O–H groups in total. The maximum atomic E-state index is 12.1. The summed E-state index contributed by atoms with van der Waals surface area (Å²) in [6.45, 7) is 5.78. The third-order valence-corrected chi connectivity index (χ3v) is 3.83. The average Bonchev–Trinajstić information content (AvgIpc) is 2.35. The van der Waals surface area contributed by atoms with Crippen molar-refractivity contribution in [2.75, 3.05) is 11.6 Å². The molecule has 1 rings (SSSR count). The van der Waals surface area contributed by atoms with Crippen LogP contribution in [-0.2, 0) is 15.6 Å². The lowest BCUT2D eigenvalue weighted by atomic mass is 9.87. The van der Waals surface area contributed by atoms with E-state index in [-0.39, 0.29) is 11.2 Å². The van der Waals surface area contributed by atoms with Gasteiger partial charge in [-0.15, -0.1) is 6.42 Å². The van der Waals surface area contributed by atoms with Crippen molar-refractivity contribution >= 4 is 21.6 Å². The standard InChI is InChI=1S/C16H22N2O3S/c1-6-14(16(2,3)4)18-15(19)17-13-10-8-7-9-12(13)11-22(5,20)21/h1,7-10,14H,11H2,2-5H3,(H2,17,18,19). The van der Waals surface area contributed by atoms with Gasteiger partial charge in [0.05, 0.1) is 11.8 Å². The number of terminal acetylenes is 1. The fourth-order valence-corrected chi connectivity index (χ4v) is 2.66. The molecule has 0 saturated heterocycles. The number of hydrogen-bond acceptors (Lipinski definition) is 3. The van der Waals surface area contributed by atoms with E-state index in [4.69, 9.17) is 6.42 Å². The first kappa shape index (κ1) is 18.1. The third kappa shape index (κ3) is 5.78. The Morgan fingerprint density at radius 2 is 1.91 bits per heavy atom. The van der Waals surface area contributed by atoms with Crippen molar-refractivity contribution in [1.82, 2.24) is 5.32 Å². The summed E-state index contributed by atoms with van der Waals surface area (Å²) in [5.74, 6) is 2.41. The predicted octanol–water partition coefficient (Wildman–Crippen LogP) is 2.40. The molecule has 6 heteroatoms.